The van der Waals surface area contributed by atoms with Crippen molar-refractivity contribution in [3.8, 4) is 0 Å². The number of Topliss-reactive ketones (excluding diaryl/α,β-unsaturated/α-hetero) is 1. The molecular weight excluding hydrogens is 343 g/mol. The van der Waals surface area contributed by atoms with Crippen molar-refractivity contribution in [2.24, 2.45) is 0 Å². The molecule has 0 aliphatic carbocycles. The van der Waals surface area contributed by atoms with Gasteiger partial charge in [-0.05, 0) is 47.5 Å². The van der Waals surface area contributed by atoms with Crippen LogP contribution in [0.4, 0.5) is 0 Å². The number of halogens is 2. The van der Waals surface area contributed by atoms with Crippen LogP contribution in [-0.4, -0.2) is 10.9 Å². The number of carbonyl (C=O) groups excluding carboxylic acids is 1. The average Bonchev–Trinajstić information content (AvgIpc) is 2.62. The van der Waals surface area contributed by atoms with Crippen LogP contribution in [0.1, 0.15) is 21.5 Å². The number of hydrogen-bond donors (Lipinski definition) is 1. The molecule has 0 bridgehead atoms. The van der Waals surface area contributed by atoms with Gasteiger partial charge in [-0.1, -0.05) is 65.7 Å². The van der Waals surface area contributed by atoms with E-state index >= 15 is 0 Å². The minimum atomic E-state index is -1.81. The molecule has 0 saturated heterocycles. The van der Waals surface area contributed by atoms with Gasteiger partial charge in [-0.15, -0.1) is 0 Å². The van der Waals surface area contributed by atoms with Crippen LogP contribution in [-0.2, 0) is 5.60 Å². The van der Waals surface area contributed by atoms with E-state index in [1.807, 2.05) is 6.07 Å². The molecule has 0 amide bonds. The first-order chi connectivity index (χ1) is 11.5. The van der Waals surface area contributed by atoms with E-state index in [2.05, 4.69) is 0 Å². The zero-order valence-corrected chi connectivity index (χ0v) is 14.1. The monoisotopic (exact) mass is 356 g/mol. The summed E-state index contributed by atoms with van der Waals surface area (Å²) >= 11 is 11.8. The Kier molecular flexibility index (Phi) is 4.72. The molecule has 0 radical (unpaired) electrons. The van der Waals surface area contributed by atoms with Gasteiger partial charge in [0.05, 0.1) is 0 Å². The fraction of sp³-hybridized carbons (Fsp3) is 0.0500. The summed E-state index contributed by atoms with van der Waals surface area (Å²) in [6.07, 6.45) is 0. The Labute approximate surface area is 150 Å². The lowest BCUT2D eigenvalue weighted by atomic mass is 9.80. The van der Waals surface area contributed by atoms with Crippen LogP contribution in [0.5, 0.6) is 0 Å². The number of carbonyl (C=O) groups is 1. The van der Waals surface area contributed by atoms with E-state index < -0.39 is 11.4 Å². The molecule has 0 fully saturated rings. The van der Waals surface area contributed by atoms with Crippen LogP contribution < -0.4 is 0 Å². The second-order valence-corrected chi connectivity index (χ2v) is 6.29. The molecule has 1 N–H and O–H groups in total. The maximum absolute atomic E-state index is 13.1. The molecule has 0 aliphatic heterocycles. The Morgan fingerprint density at radius 3 is 1.71 bits per heavy atom. The number of ketones is 1. The minimum absolute atomic E-state index is 0.376. The Bertz CT molecular complexity index is 843. The molecule has 0 heterocycles. The normalized spacial score (nSPS) is 13.3. The standard InChI is InChI=1S/C20H14Cl2O2/c21-17-10-6-14(7-11-17)19(23)20(24,15-4-2-1-3-5-15)16-8-12-18(22)13-9-16/h1-13,24H. The van der Waals surface area contributed by atoms with Gasteiger partial charge >= 0.3 is 0 Å². The highest BCUT2D eigenvalue weighted by Gasteiger charge is 2.40. The molecule has 0 aliphatic rings. The quantitative estimate of drug-likeness (QED) is 0.659. The van der Waals surface area contributed by atoms with Gasteiger partial charge in [0, 0.05) is 15.6 Å². The lowest BCUT2D eigenvalue weighted by Crippen LogP contribution is -2.37. The zero-order chi connectivity index (χ0) is 17.2. The Hall–Kier alpha value is -2.13. The van der Waals surface area contributed by atoms with Crippen molar-refractivity contribution in [3.05, 3.63) is 106 Å². The largest absolute Gasteiger partial charge is 0.373 e. The predicted octanol–water partition coefficient (Wildman–Crippen LogP) is 5.11. The summed E-state index contributed by atoms with van der Waals surface area (Å²) in [6.45, 7) is 0. The van der Waals surface area contributed by atoms with E-state index in [-0.39, 0.29) is 0 Å². The van der Waals surface area contributed by atoms with E-state index in [9.17, 15) is 9.90 Å². The summed E-state index contributed by atoms with van der Waals surface area (Å²) in [5.74, 6) is -0.423. The molecule has 1 atom stereocenters. The molecule has 3 rings (SSSR count). The SMILES string of the molecule is O=C(c1ccc(Cl)cc1)C(O)(c1ccccc1)c1ccc(Cl)cc1. The third-order valence-corrected chi connectivity index (χ3v) is 4.39. The third-order valence-electron chi connectivity index (χ3n) is 3.89. The van der Waals surface area contributed by atoms with Crippen LogP contribution in [0.3, 0.4) is 0 Å². The molecule has 0 spiro atoms. The van der Waals surface area contributed by atoms with Gasteiger partial charge < -0.3 is 5.11 Å². The number of benzene rings is 3. The van der Waals surface area contributed by atoms with Gasteiger partial charge in [-0.3, -0.25) is 4.79 Å². The third kappa shape index (κ3) is 3.09. The van der Waals surface area contributed by atoms with Crippen molar-refractivity contribution in [1.29, 1.82) is 0 Å². The predicted molar refractivity (Wildman–Crippen MR) is 96.7 cm³/mol. The Balaban J connectivity index is 2.17. The smallest absolute Gasteiger partial charge is 0.203 e. The van der Waals surface area contributed by atoms with Gasteiger partial charge in [0.25, 0.3) is 0 Å². The molecule has 24 heavy (non-hydrogen) atoms. The lowest BCUT2D eigenvalue weighted by molar-refractivity contribution is 0.0488. The van der Waals surface area contributed by atoms with Crippen LogP contribution >= 0.6 is 23.2 Å². The maximum Gasteiger partial charge on any atom is 0.203 e. The molecule has 0 aromatic heterocycles. The molecule has 2 nitrogen and oxygen atoms in total. The number of hydrogen-bond acceptors (Lipinski definition) is 2. The molecule has 120 valence electrons. The molecular formula is C20H14Cl2O2. The summed E-state index contributed by atoms with van der Waals surface area (Å²) in [6, 6.07) is 21.9. The van der Waals surface area contributed by atoms with Crippen molar-refractivity contribution in [3.63, 3.8) is 0 Å². The fourth-order valence-corrected chi connectivity index (χ4v) is 2.86. The summed E-state index contributed by atoms with van der Waals surface area (Å²) in [5, 5.41) is 12.5. The minimum Gasteiger partial charge on any atom is -0.373 e. The van der Waals surface area contributed by atoms with Crippen molar-refractivity contribution < 1.29 is 9.90 Å². The van der Waals surface area contributed by atoms with E-state index in [4.69, 9.17) is 23.2 Å². The van der Waals surface area contributed by atoms with E-state index in [0.717, 1.165) is 0 Å². The fourth-order valence-electron chi connectivity index (χ4n) is 2.61. The molecule has 3 aromatic rings. The second kappa shape index (κ2) is 6.78. The topological polar surface area (TPSA) is 37.3 Å². The highest BCUT2D eigenvalue weighted by molar-refractivity contribution is 6.31. The first-order valence-electron chi connectivity index (χ1n) is 7.36. The zero-order valence-electron chi connectivity index (χ0n) is 12.6. The summed E-state index contributed by atoms with van der Waals surface area (Å²) < 4.78 is 0. The van der Waals surface area contributed by atoms with Gasteiger partial charge in [0.15, 0.2) is 5.60 Å². The maximum atomic E-state index is 13.1. The van der Waals surface area contributed by atoms with Crippen molar-refractivity contribution >= 4 is 29.0 Å². The number of aliphatic hydroxyl groups is 1. The average molecular weight is 357 g/mol. The molecule has 1 unspecified atom stereocenters. The lowest BCUT2D eigenvalue weighted by Gasteiger charge is -2.28. The van der Waals surface area contributed by atoms with Crippen molar-refractivity contribution in [2.45, 2.75) is 5.60 Å². The second-order valence-electron chi connectivity index (χ2n) is 5.42. The van der Waals surface area contributed by atoms with Gasteiger partial charge in [0.2, 0.25) is 5.78 Å². The van der Waals surface area contributed by atoms with Crippen molar-refractivity contribution in [1.82, 2.24) is 0 Å². The van der Waals surface area contributed by atoms with Crippen LogP contribution in [0.25, 0.3) is 0 Å². The van der Waals surface area contributed by atoms with Crippen molar-refractivity contribution in [2.75, 3.05) is 0 Å². The highest BCUT2D eigenvalue weighted by atomic mass is 35.5. The first-order valence-corrected chi connectivity index (χ1v) is 8.12. The van der Waals surface area contributed by atoms with Gasteiger partial charge in [-0.25, -0.2) is 0 Å². The van der Waals surface area contributed by atoms with Gasteiger partial charge in [-0.2, -0.15) is 0 Å². The van der Waals surface area contributed by atoms with Gasteiger partial charge in [0.1, 0.15) is 0 Å². The Morgan fingerprint density at radius 2 is 1.17 bits per heavy atom. The van der Waals surface area contributed by atoms with E-state index in [1.54, 1.807) is 72.8 Å². The van der Waals surface area contributed by atoms with Crippen LogP contribution in [0.2, 0.25) is 10.0 Å². The summed E-state index contributed by atoms with van der Waals surface area (Å²) in [4.78, 5) is 13.1. The summed E-state index contributed by atoms with van der Waals surface area (Å²) in [7, 11) is 0. The Morgan fingerprint density at radius 1 is 0.708 bits per heavy atom. The molecule has 0 saturated carbocycles. The summed E-state index contributed by atoms with van der Waals surface area (Å²) in [5.41, 5.74) is -0.481. The molecule has 3 aromatic carbocycles. The first kappa shape index (κ1) is 16.7. The van der Waals surface area contributed by atoms with Crippen LogP contribution in [0.15, 0.2) is 78.9 Å². The molecule has 4 heteroatoms. The van der Waals surface area contributed by atoms with Crippen LogP contribution in [0, 0.1) is 0 Å². The highest BCUT2D eigenvalue weighted by Crippen LogP contribution is 2.34. The van der Waals surface area contributed by atoms with E-state index in [0.29, 0.717) is 26.7 Å². The number of rotatable bonds is 4. The van der Waals surface area contributed by atoms with E-state index in [1.165, 1.54) is 0 Å².